The molecule has 112 valence electrons. The number of hydrogen-bond acceptors (Lipinski definition) is 4. The van der Waals surface area contributed by atoms with E-state index in [0.717, 1.165) is 11.4 Å². The van der Waals surface area contributed by atoms with E-state index >= 15 is 0 Å². The summed E-state index contributed by atoms with van der Waals surface area (Å²) in [5.74, 6) is 0.557. The van der Waals surface area contributed by atoms with Crippen molar-refractivity contribution in [3.05, 3.63) is 16.5 Å². The van der Waals surface area contributed by atoms with Crippen LogP contribution in [0.15, 0.2) is 0 Å². The molecular formula is C12H16ClF3N4. The van der Waals surface area contributed by atoms with Crippen molar-refractivity contribution in [1.29, 1.82) is 0 Å². The predicted octanol–water partition coefficient (Wildman–Crippen LogP) is 2.43. The molecule has 2 heterocycles. The maximum absolute atomic E-state index is 12.3. The van der Waals surface area contributed by atoms with E-state index in [0.29, 0.717) is 37.1 Å². The van der Waals surface area contributed by atoms with Crippen molar-refractivity contribution in [3.8, 4) is 0 Å². The molecule has 0 bridgehead atoms. The summed E-state index contributed by atoms with van der Waals surface area (Å²) >= 11 is 6.07. The van der Waals surface area contributed by atoms with Crippen LogP contribution in [0.25, 0.3) is 0 Å². The van der Waals surface area contributed by atoms with Gasteiger partial charge in [0.05, 0.1) is 17.9 Å². The average molecular weight is 309 g/mol. The van der Waals surface area contributed by atoms with Gasteiger partial charge in [-0.1, -0.05) is 11.6 Å². The summed E-state index contributed by atoms with van der Waals surface area (Å²) in [5.41, 5.74) is 1.54. The monoisotopic (exact) mass is 308 g/mol. The Bertz CT molecular complexity index is 484. The molecule has 20 heavy (non-hydrogen) atoms. The Kier molecular flexibility index (Phi) is 4.39. The van der Waals surface area contributed by atoms with Crippen LogP contribution in [0.3, 0.4) is 0 Å². The summed E-state index contributed by atoms with van der Waals surface area (Å²) in [4.78, 5) is 11.9. The van der Waals surface area contributed by atoms with Gasteiger partial charge >= 0.3 is 6.18 Å². The Hall–Kier alpha value is -1.08. The molecule has 0 atom stereocenters. The van der Waals surface area contributed by atoms with Gasteiger partial charge in [0.15, 0.2) is 11.0 Å². The Morgan fingerprint density at radius 1 is 1.05 bits per heavy atom. The van der Waals surface area contributed by atoms with E-state index in [2.05, 4.69) is 9.97 Å². The normalized spacial score (nSPS) is 17.6. The fourth-order valence-corrected chi connectivity index (χ4v) is 2.43. The number of piperazine rings is 1. The van der Waals surface area contributed by atoms with Gasteiger partial charge in [-0.05, 0) is 13.8 Å². The lowest BCUT2D eigenvalue weighted by Crippen LogP contribution is -2.49. The fraction of sp³-hybridized carbons (Fsp3) is 0.667. The maximum atomic E-state index is 12.3. The second-order valence-corrected chi connectivity index (χ2v) is 5.25. The predicted molar refractivity (Wildman–Crippen MR) is 71.2 cm³/mol. The number of alkyl halides is 3. The fourth-order valence-electron chi connectivity index (χ4n) is 2.14. The van der Waals surface area contributed by atoms with E-state index in [4.69, 9.17) is 11.6 Å². The zero-order valence-corrected chi connectivity index (χ0v) is 12.1. The number of rotatable bonds is 2. The molecule has 0 radical (unpaired) electrons. The van der Waals surface area contributed by atoms with Crippen LogP contribution in [0.5, 0.6) is 0 Å². The first kappa shape index (κ1) is 15.3. The second kappa shape index (κ2) is 5.73. The van der Waals surface area contributed by atoms with Gasteiger partial charge < -0.3 is 4.90 Å². The van der Waals surface area contributed by atoms with E-state index in [1.165, 1.54) is 4.90 Å². The first-order chi connectivity index (χ1) is 9.26. The molecule has 0 spiro atoms. The minimum absolute atomic E-state index is 0.303. The van der Waals surface area contributed by atoms with Crippen molar-refractivity contribution < 1.29 is 13.2 Å². The summed E-state index contributed by atoms with van der Waals surface area (Å²) in [6, 6.07) is 0. The van der Waals surface area contributed by atoms with Gasteiger partial charge in [-0.2, -0.15) is 13.2 Å². The lowest BCUT2D eigenvalue weighted by atomic mass is 10.3. The SMILES string of the molecule is Cc1nc(Cl)c(N2CCN(CC(F)(F)F)CC2)nc1C. The molecule has 8 heteroatoms. The molecule has 1 fully saturated rings. The molecule has 1 aromatic heterocycles. The van der Waals surface area contributed by atoms with Gasteiger partial charge in [-0.15, -0.1) is 0 Å². The number of aryl methyl sites for hydroxylation is 2. The van der Waals surface area contributed by atoms with Crippen molar-refractivity contribution in [2.45, 2.75) is 20.0 Å². The van der Waals surface area contributed by atoms with Gasteiger partial charge in [0.1, 0.15) is 0 Å². The Labute approximate surface area is 120 Å². The van der Waals surface area contributed by atoms with Crippen LogP contribution in [0, 0.1) is 13.8 Å². The summed E-state index contributed by atoms with van der Waals surface area (Å²) in [5, 5.41) is 0.303. The van der Waals surface area contributed by atoms with Crippen molar-refractivity contribution in [1.82, 2.24) is 14.9 Å². The Morgan fingerprint density at radius 3 is 2.15 bits per heavy atom. The zero-order valence-electron chi connectivity index (χ0n) is 11.3. The molecule has 1 aliphatic rings. The summed E-state index contributed by atoms with van der Waals surface area (Å²) < 4.78 is 37.0. The molecule has 1 saturated heterocycles. The van der Waals surface area contributed by atoms with E-state index in [9.17, 15) is 13.2 Å². The zero-order chi connectivity index (χ0) is 14.9. The molecule has 0 aliphatic carbocycles. The Balaban J connectivity index is 2.02. The lowest BCUT2D eigenvalue weighted by molar-refractivity contribution is -0.146. The molecule has 0 amide bonds. The highest BCUT2D eigenvalue weighted by molar-refractivity contribution is 6.31. The topological polar surface area (TPSA) is 32.3 Å². The van der Waals surface area contributed by atoms with Crippen LogP contribution in [0.4, 0.5) is 19.0 Å². The van der Waals surface area contributed by atoms with Gasteiger partial charge in [0.25, 0.3) is 0 Å². The van der Waals surface area contributed by atoms with E-state index in [1.807, 2.05) is 18.7 Å². The Morgan fingerprint density at radius 2 is 1.60 bits per heavy atom. The van der Waals surface area contributed by atoms with Crippen LogP contribution in [-0.2, 0) is 0 Å². The highest BCUT2D eigenvalue weighted by atomic mass is 35.5. The molecule has 0 aromatic carbocycles. The van der Waals surface area contributed by atoms with Crippen LogP contribution >= 0.6 is 11.6 Å². The summed E-state index contributed by atoms with van der Waals surface area (Å²) in [6.07, 6.45) is -4.15. The molecule has 0 unspecified atom stereocenters. The van der Waals surface area contributed by atoms with Gasteiger partial charge in [0.2, 0.25) is 0 Å². The molecule has 0 N–H and O–H groups in total. The third kappa shape index (κ3) is 3.73. The van der Waals surface area contributed by atoms with Crippen molar-refractivity contribution in [2.75, 3.05) is 37.6 Å². The highest BCUT2D eigenvalue weighted by Crippen LogP contribution is 2.25. The number of halogens is 4. The first-order valence-corrected chi connectivity index (χ1v) is 6.69. The number of nitrogens with zero attached hydrogens (tertiary/aromatic N) is 4. The second-order valence-electron chi connectivity index (χ2n) is 4.89. The van der Waals surface area contributed by atoms with E-state index in [-0.39, 0.29) is 0 Å². The third-order valence-corrected chi connectivity index (χ3v) is 3.58. The summed E-state index contributed by atoms with van der Waals surface area (Å²) in [6.45, 7) is 4.39. The quantitative estimate of drug-likeness (QED) is 0.840. The van der Waals surface area contributed by atoms with Crippen LogP contribution in [-0.4, -0.2) is 53.8 Å². The average Bonchev–Trinajstić information content (AvgIpc) is 2.33. The maximum Gasteiger partial charge on any atom is 0.401 e. The van der Waals surface area contributed by atoms with Crippen molar-refractivity contribution in [3.63, 3.8) is 0 Å². The van der Waals surface area contributed by atoms with Gasteiger partial charge in [0, 0.05) is 26.2 Å². The minimum atomic E-state index is -4.15. The number of hydrogen-bond donors (Lipinski definition) is 0. The molecular weight excluding hydrogens is 293 g/mol. The summed E-state index contributed by atoms with van der Waals surface area (Å²) in [7, 11) is 0. The van der Waals surface area contributed by atoms with Gasteiger partial charge in [-0.25, -0.2) is 9.97 Å². The largest absolute Gasteiger partial charge is 0.401 e. The lowest BCUT2D eigenvalue weighted by Gasteiger charge is -2.35. The van der Waals surface area contributed by atoms with Gasteiger partial charge in [-0.3, -0.25) is 4.90 Å². The van der Waals surface area contributed by atoms with E-state index in [1.54, 1.807) is 0 Å². The van der Waals surface area contributed by atoms with Crippen LogP contribution in [0.1, 0.15) is 11.4 Å². The molecule has 2 rings (SSSR count). The molecule has 1 aromatic rings. The standard InChI is InChI=1S/C12H16ClF3N4/c1-8-9(2)18-11(10(13)17-8)20-5-3-19(4-6-20)7-12(14,15)16/h3-7H2,1-2H3. The molecule has 0 saturated carbocycles. The number of aromatic nitrogens is 2. The first-order valence-electron chi connectivity index (χ1n) is 6.31. The van der Waals surface area contributed by atoms with E-state index < -0.39 is 12.7 Å². The number of anilines is 1. The molecule has 1 aliphatic heterocycles. The van der Waals surface area contributed by atoms with Crippen LogP contribution in [0.2, 0.25) is 5.15 Å². The third-order valence-electron chi connectivity index (χ3n) is 3.32. The smallest absolute Gasteiger partial charge is 0.351 e. The molecule has 4 nitrogen and oxygen atoms in total. The van der Waals surface area contributed by atoms with Crippen molar-refractivity contribution in [2.24, 2.45) is 0 Å². The van der Waals surface area contributed by atoms with Crippen LogP contribution < -0.4 is 4.90 Å². The van der Waals surface area contributed by atoms with Crippen molar-refractivity contribution >= 4 is 17.4 Å². The minimum Gasteiger partial charge on any atom is -0.351 e. The highest BCUT2D eigenvalue weighted by Gasteiger charge is 2.32.